The van der Waals surface area contributed by atoms with Crippen LogP contribution in [0.3, 0.4) is 0 Å². The fourth-order valence-corrected chi connectivity index (χ4v) is 3.80. The number of piperidine rings is 1. The first-order chi connectivity index (χ1) is 9.89. The Bertz CT molecular complexity index is 613. The number of aryl methyl sites for hydroxylation is 1. The van der Waals surface area contributed by atoms with E-state index in [0.717, 1.165) is 24.0 Å². The van der Waals surface area contributed by atoms with Gasteiger partial charge < -0.3 is 5.32 Å². The largest absolute Gasteiger partial charge is 0.351 e. The van der Waals surface area contributed by atoms with Gasteiger partial charge in [-0.3, -0.25) is 4.79 Å². The van der Waals surface area contributed by atoms with E-state index in [1.54, 1.807) is 0 Å². The van der Waals surface area contributed by atoms with Crippen LogP contribution in [0.1, 0.15) is 30.4 Å². The SMILES string of the molecule is Cc1ccccc1CNC(=O)C1CCCCN1S(C)(=O)=O. The first-order valence-corrected chi connectivity index (χ1v) is 9.03. The number of hydrogen-bond donors (Lipinski definition) is 1. The second-order valence-corrected chi connectivity index (χ2v) is 7.46. The van der Waals surface area contributed by atoms with Crippen LogP contribution in [-0.2, 0) is 21.4 Å². The summed E-state index contributed by atoms with van der Waals surface area (Å²) >= 11 is 0. The number of benzene rings is 1. The molecule has 5 nitrogen and oxygen atoms in total. The van der Waals surface area contributed by atoms with Gasteiger partial charge in [0.05, 0.1) is 6.26 Å². The predicted molar refractivity (Wildman–Crippen MR) is 82.2 cm³/mol. The van der Waals surface area contributed by atoms with Gasteiger partial charge in [-0.25, -0.2) is 8.42 Å². The first-order valence-electron chi connectivity index (χ1n) is 7.18. The van der Waals surface area contributed by atoms with Gasteiger partial charge in [0.1, 0.15) is 6.04 Å². The molecule has 6 heteroatoms. The van der Waals surface area contributed by atoms with Crippen LogP contribution in [0, 0.1) is 6.92 Å². The van der Waals surface area contributed by atoms with Crippen molar-refractivity contribution < 1.29 is 13.2 Å². The lowest BCUT2D eigenvalue weighted by molar-refractivity contribution is -0.125. The average Bonchev–Trinajstić information content (AvgIpc) is 2.45. The molecule has 1 aromatic carbocycles. The maximum Gasteiger partial charge on any atom is 0.238 e. The maximum absolute atomic E-state index is 12.3. The summed E-state index contributed by atoms with van der Waals surface area (Å²) in [5.41, 5.74) is 2.16. The average molecular weight is 310 g/mol. The number of nitrogens with one attached hydrogen (secondary N) is 1. The topological polar surface area (TPSA) is 66.5 Å². The molecule has 1 N–H and O–H groups in total. The summed E-state index contributed by atoms with van der Waals surface area (Å²) in [6.07, 6.45) is 3.45. The predicted octanol–water partition coefficient (Wildman–Crippen LogP) is 1.43. The molecular weight excluding hydrogens is 288 g/mol. The van der Waals surface area contributed by atoms with Crippen molar-refractivity contribution in [3.63, 3.8) is 0 Å². The highest BCUT2D eigenvalue weighted by Crippen LogP contribution is 2.20. The summed E-state index contributed by atoms with van der Waals surface area (Å²) in [7, 11) is -3.34. The first kappa shape index (κ1) is 16.0. The van der Waals surface area contributed by atoms with Crippen LogP contribution in [0.5, 0.6) is 0 Å². The van der Waals surface area contributed by atoms with E-state index in [4.69, 9.17) is 0 Å². The van der Waals surface area contributed by atoms with Crippen molar-refractivity contribution in [2.75, 3.05) is 12.8 Å². The van der Waals surface area contributed by atoms with Crippen LogP contribution in [-0.4, -0.2) is 37.5 Å². The molecule has 0 bridgehead atoms. The second kappa shape index (κ2) is 6.58. The molecule has 0 saturated carbocycles. The molecule has 1 aliphatic rings. The zero-order chi connectivity index (χ0) is 15.5. The van der Waals surface area contributed by atoms with Gasteiger partial charge in [-0.15, -0.1) is 0 Å². The van der Waals surface area contributed by atoms with Crippen LogP contribution in [0.2, 0.25) is 0 Å². The van der Waals surface area contributed by atoms with Crippen molar-refractivity contribution in [1.82, 2.24) is 9.62 Å². The maximum atomic E-state index is 12.3. The fourth-order valence-electron chi connectivity index (χ4n) is 2.67. The van der Waals surface area contributed by atoms with Gasteiger partial charge in [0, 0.05) is 13.1 Å². The number of hydrogen-bond acceptors (Lipinski definition) is 3. The summed E-state index contributed by atoms with van der Waals surface area (Å²) < 4.78 is 24.9. The lowest BCUT2D eigenvalue weighted by atomic mass is 10.0. The molecule has 21 heavy (non-hydrogen) atoms. The molecule has 1 amide bonds. The van der Waals surface area contributed by atoms with E-state index in [-0.39, 0.29) is 5.91 Å². The van der Waals surface area contributed by atoms with Crippen LogP contribution >= 0.6 is 0 Å². The van der Waals surface area contributed by atoms with Gasteiger partial charge in [0.2, 0.25) is 15.9 Å². The zero-order valence-corrected chi connectivity index (χ0v) is 13.3. The van der Waals surface area contributed by atoms with Gasteiger partial charge in [0.25, 0.3) is 0 Å². The number of amides is 1. The lowest BCUT2D eigenvalue weighted by Crippen LogP contribution is -2.51. The van der Waals surface area contributed by atoms with Gasteiger partial charge in [-0.1, -0.05) is 30.7 Å². The minimum Gasteiger partial charge on any atom is -0.351 e. The molecule has 1 saturated heterocycles. The van der Waals surface area contributed by atoms with Crippen molar-refractivity contribution in [2.24, 2.45) is 0 Å². The van der Waals surface area contributed by atoms with E-state index in [9.17, 15) is 13.2 Å². The Morgan fingerprint density at radius 2 is 2.05 bits per heavy atom. The normalized spacial score (nSPS) is 20.2. The molecule has 116 valence electrons. The molecule has 1 fully saturated rings. The number of carbonyl (C=O) groups is 1. The summed E-state index contributed by atoms with van der Waals surface area (Å²) in [4.78, 5) is 12.3. The monoisotopic (exact) mass is 310 g/mol. The Kier molecular flexibility index (Phi) is 5.00. The highest BCUT2D eigenvalue weighted by atomic mass is 32.2. The third kappa shape index (κ3) is 4.04. The van der Waals surface area contributed by atoms with E-state index < -0.39 is 16.1 Å². The molecule has 0 aliphatic carbocycles. The van der Waals surface area contributed by atoms with Crippen molar-refractivity contribution >= 4 is 15.9 Å². The molecule has 0 aromatic heterocycles. The van der Waals surface area contributed by atoms with E-state index in [2.05, 4.69) is 5.32 Å². The third-order valence-corrected chi connectivity index (χ3v) is 5.19. The quantitative estimate of drug-likeness (QED) is 0.915. The standard InChI is InChI=1S/C15H22N2O3S/c1-12-7-3-4-8-13(12)11-16-15(18)14-9-5-6-10-17(14)21(2,19)20/h3-4,7-8,14H,5-6,9-11H2,1-2H3,(H,16,18). The molecule has 1 unspecified atom stereocenters. The molecule has 2 rings (SSSR count). The number of sulfonamides is 1. The van der Waals surface area contributed by atoms with E-state index in [0.29, 0.717) is 19.5 Å². The summed E-state index contributed by atoms with van der Waals surface area (Å²) in [6, 6.07) is 7.26. The Morgan fingerprint density at radius 3 is 2.71 bits per heavy atom. The fraction of sp³-hybridized carbons (Fsp3) is 0.533. The molecule has 0 spiro atoms. The smallest absolute Gasteiger partial charge is 0.238 e. The molecule has 0 radical (unpaired) electrons. The van der Waals surface area contributed by atoms with E-state index in [1.165, 1.54) is 10.6 Å². The molecule has 1 atom stereocenters. The van der Waals surface area contributed by atoms with Crippen molar-refractivity contribution in [3.8, 4) is 0 Å². The Balaban J connectivity index is 2.03. The van der Waals surface area contributed by atoms with Gasteiger partial charge >= 0.3 is 0 Å². The lowest BCUT2D eigenvalue weighted by Gasteiger charge is -2.32. The van der Waals surface area contributed by atoms with Crippen LogP contribution in [0.25, 0.3) is 0 Å². The molecular formula is C15H22N2O3S. The molecule has 1 heterocycles. The number of nitrogens with zero attached hydrogens (tertiary/aromatic N) is 1. The minimum atomic E-state index is -3.34. The van der Waals surface area contributed by atoms with Crippen LogP contribution in [0.15, 0.2) is 24.3 Å². The highest BCUT2D eigenvalue weighted by Gasteiger charge is 2.34. The van der Waals surface area contributed by atoms with Gasteiger partial charge in [-0.2, -0.15) is 4.31 Å². The number of rotatable bonds is 4. The highest BCUT2D eigenvalue weighted by molar-refractivity contribution is 7.88. The van der Waals surface area contributed by atoms with E-state index >= 15 is 0 Å². The Labute approximate surface area is 126 Å². The minimum absolute atomic E-state index is 0.205. The Morgan fingerprint density at radius 1 is 1.33 bits per heavy atom. The van der Waals surface area contributed by atoms with E-state index in [1.807, 2.05) is 31.2 Å². The van der Waals surface area contributed by atoms with Crippen molar-refractivity contribution in [3.05, 3.63) is 35.4 Å². The van der Waals surface area contributed by atoms with Crippen molar-refractivity contribution in [1.29, 1.82) is 0 Å². The summed E-state index contributed by atoms with van der Waals surface area (Å²) in [5.74, 6) is -0.205. The molecule has 1 aromatic rings. The third-order valence-electron chi connectivity index (χ3n) is 3.90. The van der Waals surface area contributed by atoms with Crippen LogP contribution in [0.4, 0.5) is 0 Å². The zero-order valence-electron chi connectivity index (χ0n) is 12.5. The summed E-state index contributed by atoms with van der Waals surface area (Å²) in [6.45, 7) is 2.85. The summed E-state index contributed by atoms with van der Waals surface area (Å²) in [5, 5.41) is 2.87. The van der Waals surface area contributed by atoms with Gasteiger partial charge in [-0.05, 0) is 30.9 Å². The Hall–Kier alpha value is -1.40. The van der Waals surface area contributed by atoms with Crippen molar-refractivity contribution in [2.45, 2.75) is 38.8 Å². The second-order valence-electron chi connectivity index (χ2n) is 5.53. The number of carbonyl (C=O) groups excluding carboxylic acids is 1. The van der Waals surface area contributed by atoms with Crippen LogP contribution < -0.4 is 5.32 Å². The van der Waals surface area contributed by atoms with Gasteiger partial charge in [0.15, 0.2) is 0 Å². The molecule has 1 aliphatic heterocycles.